The van der Waals surface area contributed by atoms with Crippen LogP contribution in [0.1, 0.15) is 22.8 Å². The zero-order valence-corrected chi connectivity index (χ0v) is 10.5. The molecule has 100 valence electrons. The summed E-state index contributed by atoms with van der Waals surface area (Å²) in [4.78, 5) is 35.1. The molecular formula is C13H14N2O4. The van der Waals surface area contributed by atoms with Gasteiger partial charge in [-0.1, -0.05) is 0 Å². The predicted octanol–water partition coefficient (Wildman–Crippen LogP) is 0.410. The molecule has 1 aliphatic rings. The van der Waals surface area contributed by atoms with Crippen molar-refractivity contribution in [2.24, 2.45) is 0 Å². The van der Waals surface area contributed by atoms with Crippen LogP contribution in [0, 0.1) is 0 Å². The number of amides is 2. The maximum absolute atomic E-state index is 11.7. The number of nitrogens with one attached hydrogen (secondary N) is 1. The van der Waals surface area contributed by atoms with Crippen LogP contribution in [0.4, 0.5) is 5.69 Å². The quantitative estimate of drug-likeness (QED) is 0.826. The Morgan fingerprint density at radius 3 is 2.74 bits per heavy atom. The first-order valence-corrected chi connectivity index (χ1v) is 5.90. The smallest absolute Gasteiger partial charge is 0.322 e. The molecule has 2 N–H and O–H groups in total. The third kappa shape index (κ3) is 2.73. The van der Waals surface area contributed by atoms with Crippen LogP contribution in [0.2, 0.25) is 0 Å². The van der Waals surface area contributed by atoms with Gasteiger partial charge in [-0.05, 0) is 30.2 Å². The van der Waals surface area contributed by atoms with Crippen LogP contribution in [0.25, 0.3) is 0 Å². The number of hydrogen-bond donors (Lipinski definition) is 2. The molecule has 0 bridgehead atoms. The van der Waals surface area contributed by atoms with Gasteiger partial charge in [-0.15, -0.1) is 0 Å². The molecule has 0 aliphatic carbocycles. The van der Waals surface area contributed by atoms with Gasteiger partial charge >= 0.3 is 5.97 Å². The monoisotopic (exact) mass is 262 g/mol. The molecule has 0 aromatic heterocycles. The fourth-order valence-corrected chi connectivity index (χ4v) is 2.13. The molecule has 2 amide bonds. The van der Waals surface area contributed by atoms with Crippen molar-refractivity contribution in [1.29, 1.82) is 0 Å². The largest absolute Gasteiger partial charge is 0.480 e. The van der Waals surface area contributed by atoms with Gasteiger partial charge in [0.15, 0.2) is 0 Å². The van der Waals surface area contributed by atoms with Crippen LogP contribution in [0.3, 0.4) is 0 Å². The second-order valence-corrected chi connectivity index (χ2v) is 4.34. The summed E-state index contributed by atoms with van der Waals surface area (Å²) < 4.78 is 0. The van der Waals surface area contributed by atoms with Crippen LogP contribution in [0.15, 0.2) is 18.2 Å². The van der Waals surface area contributed by atoms with Crippen molar-refractivity contribution in [3.63, 3.8) is 0 Å². The Labute approximate surface area is 110 Å². The molecule has 1 aromatic carbocycles. The Hall–Kier alpha value is -2.37. The van der Waals surface area contributed by atoms with Gasteiger partial charge in [-0.2, -0.15) is 0 Å². The van der Waals surface area contributed by atoms with Gasteiger partial charge in [-0.3, -0.25) is 14.4 Å². The fourth-order valence-electron chi connectivity index (χ4n) is 2.13. The molecule has 0 unspecified atom stereocenters. The lowest BCUT2D eigenvalue weighted by molar-refractivity contribution is -0.135. The van der Waals surface area contributed by atoms with Crippen molar-refractivity contribution in [2.45, 2.75) is 13.3 Å². The van der Waals surface area contributed by atoms with Crippen molar-refractivity contribution in [1.82, 2.24) is 5.32 Å². The van der Waals surface area contributed by atoms with E-state index in [4.69, 9.17) is 5.11 Å². The normalized spacial score (nSPS) is 13.0. The fraction of sp³-hybridized carbons (Fsp3) is 0.308. The maximum atomic E-state index is 11.7. The first-order chi connectivity index (χ1) is 8.99. The highest BCUT2D eigenvalue weighted by Gasteiger charge is 2.23. The molecule has 6 nitrogen and oxygen atoms in total. The van der Waals surface area contributed by atoms with E-state index in [2.05, 4.69) is 5.32 Å². The van der Waals surface area contributed by atoms with Crippen LogP contribution >= 0.6 is 0 Å². The van der Waals surface area contributed by atoms with Gasteiger partial charge in [0.05, 0.1) is 0 Å². The third-order valence-electron chi connectivity index (χ3n) is 3.02. The minimum Gasteiger partial charge on any atom is -0.480 e. The summed E-state index contributed by atoms with van der Waals surface area (Å²) in [6.07, 6.45) is 0.703. The van der Waals surface area contributed by atoms with Crippen molar-refractivity contribution in [3.05, 3.63) is 29.3 Å². The van der Waals surface area contributed by atoms with Crippen LogP contribution in [-0.2, 0) is 16.0 Å². The first-order valence-electron chi connectivity index (χ1n) is 5.90. The SMILES string of the molecule is CC(=O)N1CCc2cc(C(=O)NCC(=O)O)ccc21. The van der Waals surface area contributed by atoms with Crippen molar-refractivity contribution >= 4 is 23.5 Å². The molecule has 19 heavy (non-hydrogen) atoms. The molecule has 0 fully saturated rings. The summed E-state index contributed by atoms with van der Waals surface area (Å²) in [5, 5.41) is 10.8. The van der Waals surface area contributed by atoms with Crippen molar-refractivity contribution < 1.29 is 19.5 Å². The van der Waals surface area contributed by atoms with Gasteiger partial charge in [-0.25, -0.2) is 0 Å². The second kappa shape index (κ2) is 5.09. The Kier molecular flexibility index (Phi) is 3.50. The lowest BCUT2D eigenvalue weighted by Gasteiger charge is -2.14. The standard InChI is InChI=1S/C13H14N2O4/c1-8(16)15-5-4-9-6-10(2-3-11(9)15)13(19)14-7-12(17)18/h2-3,6H,4-5,7H2,1H3,(H,14,19)(H,17,18). The van der Waals surface area contributed by atoms with Crippen molar-refractivity contribution in [2.75, 3.05) is 18.0 Å². The van der Waals surface area contributed by atoms with E-state index in [0.29, 0.717) is 18.5 Å². The number of carbonyl (C=O) groups excluding carboxylic acids is 2. The zero-order valence-electron chi connectivity index (χ0n) is 10.5. The Morgan fingerprint density at radius 1 is 1.37 bits per heavy atom. The molecule has 0 saturated carbocycles. The molecule has 2 rings (SSSR count). The molecule has 1 aromatic rings. The average Bonchev–Trinajstić information content (AvgIpc) is 2.78. The minimum absolute atomic E-state index is 0.0261. The third-order valence-corrected chi connectivity index (χ3v) is 3.02. The lowest BCUT2D eigenvalue weighted by Crippen LogP contribution is -2.29. The van der Waals surface area contributed by atoms with Gasteiger partial charge in [0.2, 0.25) is 5.91 Å². The minimum atomic E-state index is -1.09. The van der Waals surface area contributed by atoms with E-state index in [1.807, 2.05) is 0 Å². The Morgan fingerprint density at radius 2 is 2.11 bits per heavy atom. The molecule has 1 heterocycles. The molecule has 0 spiro atoms. The molecular weight excluding hydrogens is 248 g/mol. The number of hydrogen-bond acceptors (Lipinski definition) is 3. The van der Waals surface area contributed by atoms with Gasteiger partial charge in [0.1, 0.15) is 6.54 Å². The highest BCUT2D eigenvalue weighted by molar-refractivity contribution is 5.98. The summed E-state index contributed by atoms with van der Waals surface area (Å²) in [5.41, 5.74) is 2.16. The number of carboxylic acids is 1. The number of carboxylic acid groups (broad SMARTS) is 1. The zero-order chi connectivity index (χ0) is 14.0. The number of aliphatic carboxylic acids is 1. The van der Waals surface area contributed by atoms with E-state index in [1.54, 1.807) is 23.1 Å². The van der Waals surface area contributed by atoms with E-state index in [1.165, 1.54) is 6.92 Å². The summed E-state index contributed by atoms with van der Waals surface area (Å²) >= 11 is 0. The van der Waals surface area contributed by atoms with Gasteiger partial charge in [0, 0.05) is 24.7 Å². The highest BCUT2D eigenvalue weighted by atomic mass is 16.4. The second-order valence-electron chi connectivity index (χ2n) is 4.34. The van der Waals surface area contributed by atoms with Gasteiger partial charge < -0.3 is 15.3 Å². The average molecular weight is 262 g/mol. The van der Waals surface area contributed by atoms with E-state index in [-0.39, 0.29) is 5.91 Å². The summed E-state index contributed by atoms with van der Waals surface area (Å²) in [5.74, 6) is -1.54. The predicted molar refractivity (Wildman–Crippen MR) is 68.1 cm³/mol. The van der Waals surface area contributed by atoms with E-state index < -0.39 is 18.4 Å². The molecule has 0 atom stereocenters. The number of benzene rings is 1. The van der Waals surface area contributed by atoms with Crippen LogP contribution in [-0.4, -0.2) is 36.0 Å². The lowest BCUT2D eigenvalue weighted by atomic mass is 10.1. The number of carbonyl (C=O) groups is 3. The first kappa shape index (κ1) is 13.1. The number of fused-ring (bicyclic) bond motifs is 1. The molecule has 0 saturated heterocycles. The van der Waals surface area contributed by atoms with Crippen LogP contribution < -0.4 is 10.2 Å². The maximum Gasteiger partial charge on any atom is 0.322 e. The van der Waals surface area contributed by atoms with Gasteiger partial charge in [0.25, 0.3) is 5.91 Å². The summed E-state index contributed by atoms with van der Waals surface area (Å²) in [7, 11) is 0. The summed E-state index contributed by atoms with van der Waals surface area (Å²) in [6, 6.07) is 5.02. The highest BCUT2D eigenvalue weighted by Crippen LogP contribution is 2.28. The van der Waals surface area contributed by atoms with Crippen molar-refractivity contribution in [3.8, 4) is 0 Å². The molecule has 0 radical (unpaired) electrons. The summed E-state index contributed by atoms with van der Waals surface area (Å²) in [6.45, 7) is 1.71. The van der Waals surface area contributed by atoms with E-state index in [0.717, 1.165) is 11.3 Å². The van der Waals surface area contributed by atoms with E-state index in [9.17, 15) is 14.4 Å². The number of anilines is 1. The van der Waals surface area contributed by atoms with E-state index >= 15 is 0 Å². The molecule has 6 heteroatoms. The number of nitrogens with zero attached hydrogens (tertiary/aromatic N) is 1. The number of rotatable bonds is 3. The molecule has 1 aliphatic heterocycles. The van der Waals surface area contributed by atoms with Crippen LogP contribution in [0.5, 0.6) is 0 Å². The Balaban J connectivity index is 2.16. The Bertz CT molecular complexity index is 554. The topological polar surface area (TPSA) is 86.7 Å².